The number of rotatable bonds is 9. The second kappa shape index (κ2) is 9.63. The number of aliphatic hydroxyl groups excluding tert-OH is 1. The standard InChI is InChI=1S/C21H20N4O6/c26-18(21(30)31)15(9-13-5-2-1-3-6-13)23-19(27)16-10-17(20(28)29)25(24-16)12-14-7-4-8-22-11-14/h1-8,10-11,15,18,26H,9,12H2,(H,23,27)(H,28,29)(H,30,31)/t15-,18-/m1/s1. The Hall–Kier alpha value is -4.05. The SMILES string of the molecule is O=C(N[C@H](Cc1ccccc1)[C@@H](O)C(=O)O)c1cc(C(=O)O)n(Cc2cccnc2)n1. The van der Waals surface area contributed by atoms with Gasteiger partial charge >= 0.3 is 11.9 Å². The first-order valence-corrected chi connectivity index (χ1v) is 9.31. The van der Waals surface area contributed by atoms with E-state index >= 15 is 0 Å². The molecule has 0 unspecified atom stereocenters. The lowest BCUT2D eigenvalue weighted by molar-refractivity contribution is -0.148. The van der Waals surface area contributed by atoms with Gasteiger partial charge < -0.3 is 20.6 Å². The maximum absolute atomic E-state index is 12.7. The molecular weight excluding hydrogens is 404 g/mol. The van der Waals surface area contributed by atoms with E-state index in [1.54, 1.807) is 54.9 Å². The van der Waals surface area contributed by atoms with Crippen LogP contribution in [-0.2, 0) is 17.8 Å². The number of amides is 1. The van der Waals surface area contributed by atoms with E-state index in [4.69, 9.17) is 0 Å². The van der Waals surface area contributed by atoms with Gasteiger partial charge in [-0.15, -0.1) is 0 Å². The number of carboxylic acids is 2. The van der Waals surface area contributed by atoms with E-state index in [1.165, 1.54) is 0 Å². The number of nitrogens with one attached hydrogen (secondary N) is 1. The summed E-state index contributed by atoms with van der Waals surface area (Å²) in [5, 5.41) is 35.2. The van der Waals surface area contributed by atoms with E-state index in [-0.39, 0.29) is 24.4 Å². The lowest BCUT2D eigenvalue weighted by atomic mass is 10.0. The minimum atomic E-state index is -1.86. The fraction of sp³-hybridized carbons (Fsp3) is 0.190. The molecule has 3 rings (SSSR count). The number of carbonyl (C=O) groups is 3. The highest BCUT2D eigenvalue weighted by molar-refractivity contribution is 5.96. The smallest absolute Gasteiger partial charge is 0.354 e. The van der Waals surface area contributed by atoms with Crippen molar-refractivity contribution in [1.29, 1.82) is 0 Å². The molecular formula is C21H20N4O6. The van der Waals surface area contributed by atoms with Crippen LogP contribution in [0.2, 0.25) is 0 Å². The van der Waals surface area contributed by atoms with Crippen LogP contribution in [0.15, 0.2) is 60.9 Å². The first-order valence-electron chi connectivity index (χ1n) is 9.31. The number of aromatic nitrogens is 3. The largest absolute Gasteiger partial charge is 0.479 e. The van der Waals surface area contributed by atoms with Crippen molar-refractivity contribution in [3.8, 4) is 0 Å². The van der Waals surface area contributed by atoms with Gasteiger partial charge in [-0.05, 0) is 23.6 Å². The summed E-state index contributed by atoms with van der Waals surface area (Å²) in [6.07, 6.45) is 1.32. The summed E-state index contributed by atoms with van der Waals surface area (Å²) in [6.45, 7) is 0.0773. The molecule has 0 saturated heterocycles. The highest BCUT2D eigenvalue weighted by atomic mass is 16.4. The number of carboxylic acid groups (broad SMARTS) is 2. The van der Waals surface area contributed by atoms with Crippen molar-refractivity contribution < 1.29 is 29.7 Å². The van der Waals surface area contributed by atoms with Gasteiger partial charge in [-0.25, -0.2) is 9.59 Å². The fourth-order valence-electron chi connectivity index (χ4n) is 3.01. The van der Waals surface area contributed by atoms with Gasteiger partial charge in [0.15, 0.2) is 11.8 Å². The van der Waals surface area contributed by atoms with Gasteiger partial charge in [0.05, 0.1) is 12.6 Å². The fourth-order valence-corrected chi connectivity index (χ4v) is 3.01. The highest BCUT2D eigenvalue weighted by Gasteiger charge is 2.29. The summed E-state index contributed by atoms with van der Waals surface area (Å²) in [5.41, 5.74) is 0.967. The molecule has 4 N–H and O–H groups in total. The monoisotopic (exact) mass is 424 g/mol. The average Bonchev–Trinajstić information content (AvgIpc) is 3.18. The number of pyridine rings is 1. The Morgan fingerprint density at radius 3 is 2.35 bits per heavy atom. The molecule has 2 heterocycles. The zero-order chi connectivity index (χ0) is 22.4. The van der Waals surface area contributed by atoms with Crippen LogP contribution in [0.3, 0.4) is 0 Å². The maximum atomic E-state index is 12.7. The van der Waals surface area contributed by atoms with Crippen LogP contribution in [-0.4, -0.2) is 60.1 Å². The van der Waals surface area contributed by atoms with E-state index in [2.05, 4.69) is 15.4 Å². The van der Waals surface area contributed by atoms with E-state index < -0.39 is 30.0 Å². The van der Waals surface area contributed by atoms with E-state index in [9.17, 15) is 29.7 Å². The van der Waals surface area contributed by atoms with Crippen LogP contribution in [0, 0.1) is 0 Å². The second-order valence-electron chi connectivity index (χ2n) is 6.79. The van der Waals surface area contributed by atoms with E-state index in [0.29, 0.717) is 11.1 Å². The zero-order valence-corrected chi connectivity index (χ0v) is 16.3. The number of hydrogen-bond acceptors (Lipinski definition) is 6. The van der Waals surface area contributed by atoms with Gasteiger partial charge in [0, 0.05) is 18.5 Å². The van der Waals surface area contributed by atoms with Crippen molar-refractivity contribution in [3.63, 3.8) is 0 Å². The first kappa shape index (κ1) is 21.7. The number of aromatic carboxylic acids is 1. The van der Waals surface area contributed by atoms with Crippen LogP contribution in [0.4, 0.5) is 0 Å². The predicted octanol–water partition coefficient (Wildman–Crippen LogP) is 0.811. The molecule has 0 saturated carbocycles. The molecule has 0 aliphatic rings. The number of benzene rings is 1. The Bertz CT molecular complexity index is 1070. The molecule has 0 radical (unpaired) electrons. The molecule has 0 aliphatic carbocycles. The van der Waals surface area contributed by atoms with Gasteiger partial charge in [-0.2, -0.15) is 5.10 Å². The third kappa shape index (κ3) is 5.52. The lowest BCUT2D eigenvalue weighted by Gasteiger charge is -2.21. The molecule has 0 bridgehead atoms. The molecule has 31 heavy (non-hydrogen) atoms. The molecule has 10 heteroatoms. The van der Waals surface area contributed by atoms with Crippen molar-refractivity contribution in [3.05, 3.63) is 83.4 Å². The molecule has 10 nitrogen and oxygen atoms in total. The Balaban J connectivity index is 1.83. The van der Waals surface area contributed by atoms with Crippen LogP contribution < -0.4 is 5.32 Å². The second-order valence-corrected chi connectivity index (χ2v) is 6.79. The minimum Gasteiger partial charge on any atom is -0.479 e. The van der Waals surface area contributed by atoms with Gasteiger partial charge in [-0.1, -0.05) is 36.4 Å². The van der Waals surface area contributed by atoms with Crippen LogP contribution >= 0.6 is 0 Å². The van der Waals surface area contributed by atoms with Crippen molar-refractivity contribution in [2.45, 2.75) is 25.1 Å². The molecule has 2 atom stereocenters. The summed E-state index contributed by atoms with van der Waals surface area (Å²) in [6, 6.07) is 12.1. The van der Waals surface area contributed by atoms with Gasteiger partial charge in [0.1, 0.15) is 5.69 Å². The van der Waals surface area contributed by atoms with E-state index in [1.807, 2.05) is 0 Å². The normalized spacial score (nSPS) is 12.7. The number of carbonyl (C=O) groups excluding carboxylic acids is 1. The predicted molar refractivity (Wildman–Crippen MR) is 108 cm³/mol. The summed E-state index contributed by atoms with van der Waals surface area (Å²) in [4.78, 5) is 39.6. The van der Waals surface area contributed by atoms with Crippen molar-refractivity contribution in [2.75, 3.05) is 0 Å². The summed E-state index contributed by atoms with van der Waals surface area (Å²) >= 11 is 0. The van der Waals surface area contributed by atoms with Crippen molar-refractivity contribution in [1.82, 2.24) is 20.1 Å². The molecule has 0 fully saturated rings. The summed E-state index contributed by atoms with van der Waals surface area (Å²) < 4.78 is 1.15. The van der Waals surface area contributed by atoms with Gasteiger partial charge in [-0.3, -0.25) is 14.5 Å². The molecule has 3 aromatic rings. The minimum absolute atomic E-state index is 0.0578. The summed E-state index contributed by atoms with van der Waals surface area (Å²) in [5.74, 6) is -3.56. The Morgan fingerprint density at radius 1 is 1.03 bits per heavy atom. The molecule has 0 aliphatic heterocycles. The topological polar surface area (TPSA) is 155 Å². The van der Waals surface area contributed by atoms with Gasteiger partial charge in [0.25, 0.3) is 5.91 Å². The third-order valence-corrected chi connectivity index (χ3v) is 4.54. The van der Waals surface area contributed by atoms with Crippen LogP contribution in [0.5, 0.6) is 0 Å². The third-order valence-electron chi connectivity index (χ3n) is 4.54. The quantitative estimate of drug-likeness (QED) is 0.393. The number of hydrogen-bond donors (Lipinski definition) is 4. The van der Waals surface area contributed by atoms with Crippen LogP contribution in [0.25, 0.3) is 0 Å². The number of aliphatic hydroxyl groups is 1. The first-order chi connectivity index (χ1) is 14.8. The number of aliphatic carboxylic acids is 1. The molecule has 1 amide bonds. The van der Waals surface area contributed by atoms with Gasteiger partial charge in [0.2, 0.25) is 0 Å². The Labute approximate surface area is 176 Å². The average molecular weight is 424 g/mol. The molecule has 160 valence electrons. The molecule has 0 spiro atoms. The van der Waals surface area contributed by atoms with Crippen molar-refractivity contribution >= 4 is 17.8 Å². The van der Waals surface area contributed by atoms with Crippen molar-refractivity contribution in [2.24, 2.45) is 0 Å². The highest BCUT2D eigenvalue weighted by Crippen LogP contribution is 2.11. The molecule has 1 aromatic carbocycles. The Kier molecular flexibility index (Phi) is 6.73. The molecule has 2 aromatic heterocycles. The van der Waals surface area contributed by atoms with Crippen LogP contribution in [0.1, 0.15) is 32.1 Å². The maximum Gasteiger partial charge on any atom is 0.354 e. The summed E-state index contributed by atoms with van der Waals surface area (Å²) in [7, 11) is 0. The van der Waals surface area contributed by atoms with E-state index in [0.717, 1.165) is 10.7 Å². The number of nitrogens with zero attached hydrogens (tertiary/aromatic N) is 3. The lowest BCUT2D eigenvalue weighted by Crippen LogP contribution is -2.48. The Morgan fingerprint density at radius 2 is 1.74 bits per heavy atom. The zero-order valence-electron chi connectivity index (χ0n) is 16.3.